The Labute approximate surface area is 113 Å². The van der Waals surface area contributed by atoms with Crippen molar-refractivity contribution in [2.75, 3.05) is 6.54 Å². The predicted octanol–water partition coefficient (Wildman–Crippen LogP) is 4.55. The zero-order valence-electron chi connectivity index (χ0n) is 11.9. The van der Waals surface area contributed by atoms with Crippen molar-refractivity contribution in [3.8, 4) is 0 Å². The molecule has 0 amide bonds. The van der Waals surface area contributed by atoms with E-state index < -0.39 is 0 Å². The van der Waals surface area contributed by atoms with E-state index in [1.54, 1.807) is 0 Å². The van der Waals surface area contributed by atoms with Crippen molar-refractivity contribution in [2.24, 2.45) is 11.7 Å². The Morgan fingerprint density at radius 2 is 1.61 bits per heavy atom. The molecule has 0 bridgehead atoms. The van der Waals surface area contributed by atoms with Gasteiger partial charge in [0, 0.05) is 0 Å². The van der Waals surface area contributed by atoms with Gasteiger partial charge in [-0.1, -0.05) is 75.8 Å². The maximum atomic E-state index is 5.88. The van der Waals surface area contributed by atoms with E-state index in [4.69, 9.17) is 5.73 Å². The smallest absolute Gasteiger partial charge is 0.00457 e. The Balaban J connectivity index is 2.14. The van der Waals surface area contributed by atoms with Gasteiger partial charge in [0.15, 0.2) is 0 Å². The predicted molar refractivity (Wildman–Crippen MR) is 80.7 cm³/mol. The minimum atomic E-state index is 0.665. The van der Waals surface area contributed by atoms with Gasteiger partial charge in [0.05, 0.1) is 0 Å². The van der Waals surface area contributed by atoms with E-state index in [2.05, 4.69) is 37.3 Å². The molecule has 0 aromatic heterocycles. The van der Waals surface area contributed by atoms with Crippen molar-refractivity contribution < 1.29 is 0 Å². The molecule has 0 aliphatic rings. The number of rotatable bonds is 10. The fourth-order valence-electron chi connectivity index (χ4n) is 2.46. The van der Waals surface area contributed by atoms with Crippen LogP contribution in [0, 0.1) is 5.92 Å². The number of hydrogen-bond acceptors (Lipinski definition) is 1. The van der Waals surface area contributed by atoms with Crippen molar-refractivity contribution in [1.82, 2.24) is 0 Å². The summed E-state index contributed by atoms with van der Waals surface area (Å²) >= 11 is 0. The van der Waals surface area contributed by atoms with Gasteiger partial charge < -0.3 is 5.73 Å². The third kappa shape index (κ3) is 6.80. The molecule has 102 valence electrons. The molecule has 18 heavy (non-hydrogen) atoms. The second-order valence-corrected chi connectivity index (χ2v) is 5.35. The molecule has 0 aliphatic heterocycles. The lowest BCUT2D eigenvalue weighted by Gasteiger charge is -2.14. The highest BCUT2D eigenvalue weighted by molar-refractivity contribution is 5.15. The lowest BCUT2D eigenvalue weighted by atomic mass is 9.93. The van der Waals surface area contributed by atoms with Crippen molar-refractivity contribution in [3.63, 3.8) is 0 Å². The highest BCUT2D eigenvalue weighted by Crippen LogP contribution is 2.16. The van der Waals surface area contributed by atoms with Crippen LogP contribution in [0.1, 0.15) is 57.4 Å². The Hall–Kier alpha value is -0.820. The van der Waals surface area contributed by atoms with Gasteiger partial charge in [-0.15, -0.1) is 0 Å². The third-order valence-electron chi connectivity index (χ3n) is 3.67. The van der Waals surface area contributed by atoms with Crippen LogP contribution < -0.4 is 5.73 Å². The molecule has 1 aromatic rings. The summed E-state index contributed by atoms with van der Waals surface area (Å²) in [6, 6.07) is 10.7. The Kier molecular flexibility index (Phi) is 8.58. The highest BCUT2D eigenvalue weighted by Gasteiger charge is 2.07. The molecule has 0 radical (unpaired) electrons. The molecule has 0 saturated carbocycles. The molecule has 1 heteroatoms. The molecule has 1 nitrogen and oxygen atoms in total. The molecule has 0 fully saturated rings. The van der Waals surface area contributed by atoms with E-state index in [1.165, 1.54) is 50.5 Å². The maximum Gasteiger partial charge on any atom is -0.00457 e. The van der Waals surface area contributed by atoms with E-state index in [9.17, 15) is 0 Å². The fourth-order valence-corrected chi connectivity index (χ4v) is 2.46. The molecule has 1 aromatic carbocycles. The van der Waals surface area contributed by atoms with E-state index in [1.807, 2.05) is 0 Å². The molecule has 1 rings (SSSR count). The average Bonchev–Trinajstić information content (AvgIpc) is 2.42. The van der Waals surface area contributed by atoms with Crippen molar-refractivity contribution in [2.45, 2.75) is 58.3 Å². The van der Waals surface area contributed by atoms with Gasteiger partial charge in [0.25, 0.3) is 0 Å². The van der Waals surface area contributed by atoms with Crippen LogP contribution >= 0.6 is 0 Å². The zero-order valence-corrected chi connectivity index (χ0v) is 11.9. The van der Waals surface area contributed by atoms with Crippen molar-refractivity contribution in [1.29, 1.82) is 0 Å². The molecular formula is C17H29N. The summed E-state index contributed by atoms with van der Waals surface area (Å²) in [6.07, 6.45) is 10.7. The second kappa shape index (κ2) is 10.1. The van der Waals surface area contributed by atoms with Crippen LogP contribution in [0.4, 0.5) is 0 Å². The van der Waals surface area contributed by atoms with Crippen LogP contribution in [0.5, 0.6) is 0 Å². The minimum absolute atomic E-state index is 0.665. The zero-order chi connectivity index (χ0) is 13.1. The number of nitrogens with two attached hydrogens (primary N) is 1. The maximum absolute atomic E-state index is 5.88. The first kappa shape index (κ1) is 15.2. The molecule has 0 aliphatic carbocycles. The Morgan fingerprint density at radius 3 is 2.28 bits per heavy atom. The van der Waals surface area contributed by atoms with Gasteiger partial charge in [0.1, 0.15) is 0 Å². The van der Waals surface area contributed by atoms with Gasteiger partial charge in [0.2, 0.25) is 0 Å². The normalized spacial score (nSPS) is 12.6. The molecule has 1 atom stereocenters. The first-order valence-electron chi connectivity index (χ1n) is 7.60. The van der Waals surface area contributed by atoms with Crippen LogP contribution in [-0.4, -0.2) is 6.54 Å². The second-order valence-electron chi connectivity index (χ2n) is 5.35. The van der Waals surface area contributed by atoms with Gasteiger partial charge in [-0.2, -0.15) is 0 Å². The minimum Gasteiger partial charge on any atom is -0.330 e. The Morgan fingerprint density at radius 1 is 0.944 bits per heavy atom. The standard InChI is InChI=1S/C17H29N/c1-2-3-4-5-6-8-13-17(15-18)14-16-11-9-7-10-12-16/h7,9-12,17H,2-6,8,13-15,18H2,1H3. The summed E-state index contributed by atoms with van der Waals surface area (Å²) in [5.41, 5.74) is 7.31. The lowest BCUT2D eigenvalue weighted by molar-refractivity contribution is 0.456. The monoisotopic (exact) mass is 247 g/mol. The van der Waals surface area contributed by atoms with Gasteiger partial charge in [-0.25, -0.2) is 0 Å². The molecular weight excluding hydrogens is 218 g/mol. The van der Waals surface area contributed by atoms with E-state index in [0.29, 0.717) is 5.92 Å². The van der Waals surface area contributed by atoms with E-state index in [0.717, 1.165) is 13.0 Å². The number of hydrogen-bond donors (Lipinski definition) is 1. The fraction of sp³-hybridized carbons (Fsp3) is 0.647. The highest BCUT2D eigenvalue weighted by atomic mass is 14.5. The molecule has 0 heterocycles. The third-order valence-corrected chi connectivity index (χ3v) is 3.67. The van der Waals surface area contributed by atoms with Crippen LogP contribution in [-0.2, 0) is 6.42 Å². The summed E-state index contributed by atoms with van der Waals surface area (Å²) in [7, 11) is 0. The summed E-state index contributed by atoms with van der Waals surface area (Å²) < 4.78 is 0. The molecule has 1 unspecified atom stereocenters. The first-order chi connectivity index (χ1) is 8.86. The largest absolute Gasteiger partial charge is 0.330 e. The number of benzene rings is 1. The van der Waals surface area contributed by atoms with Crippen LogP contribution in [0.25, 0.3) is 0 Å². The Bertz CT molecular complexity index is 281. The SMILES string of the molecule is CCCCCCCCC(CN)Cc1ccccc1. The van der Waals surface area contributed by atoms with Crippen molar-refractivity contribution in [3.05, 3.63) is 35.9 Å². The lowest BCUT2D eigenvalue weighted by Crippen LogP contribution is -2.16. The summed E-state index contributed by atoms with van der Waals surface area (Å²) in [6.45, 7) is 3.09. The van der Waals surface area contributed by atoms with Crippen molar-refractivity contribution >= 4 is 0 Å². The van der Waals surface area contributed by atoms with Gasteiger partial charge >= 0.3 is 0 Å². The molecule has 0 saturated heterocycles. The van der Waals surface area contributed by atoms with Gasteiger partial charge in [-0.05, 0) is 30.9 Å². The van der Waals surface area contributed by atoms with E-state index >= 15 is 0 Å². The topological polar surface area (TPSA) is 26.0 Å². The quantitative estimate of drug-likeness (QED) is 0.603. The summed E-state index contributed by atoms with van der Waals surface area (Å²) in [5.74, 6) is 0.665. The first-order valence-corrected chi connectivity index (χ1v) is 7.60. The van der Waals surface area contributed by atoms with E-state index in [-0.39, 0.29) is 0 Å². The molecule has 0 spiro atoms. The van der Waals surface area contributed by atoms with Crippen LogP contribution in [0.3, 0.4) is 0 Å². The average molecular weight is 247 g/mol. The van der Waals surface area contributed by atoms with Gasteiger partial charge in [-0.3, -0.25) is 0 Å². The molecule has 2 N–H and O–H groups in total. The van der Waals surface area contributed by atoms with Crippen LogP contribution in [0.2, 0.25) is 0 Å². The van der Waals surface area contributed by atoms with Crippen LogP contribution in [0.15, 0.2) is 30.3 Å². The summed E-state index contributed by atoms with van der Waals surface area (Å²) in [5, 5.41) is 0. The number of unbranched alkanes of at least 4 members (excludes halogenated alkanes) is 5. The summed E-state index contributed by atoms with van der Waals surface area (Å²) in [4.78, 5) is 0.